The van der Waals surface area contributed by atoms with Crippen molar-refractivity contribution in [2.24, 2.45) is 5.41 Å². The molecule has 2 N–H and O–H groups in total. The second-order valence-electron chi connectivity index (χ2n) is 7.66. The minimum Gasteiger partial charge on any atom is -0.372 e. The number of rotatable bonds is 5. The van der Waals surface area contributed by atoms with Crippen LogP contribution in [0.25, 0.3) is 0 Å². The van der Waals surface area contributed by atoms with Crippen molar-refractivity contribution in [3.8, 4) is 0 Å². The van der Waals surface area contributed by atoms with Crippen LogP contribution in [0.1, 0.15) is 46.5 Å². The van der Waals surface area contributed by atoms with E-state index in [2.05, 4.69) is 15.5 Å². The fourth-order valence-corrected chi connectivity index (χ4v) is 2.84. The van der Waals surface area contributed by atoms with Gasteiger partial charge in [0.05, 0.1) is 6.54 Å². The molecule has 0 radical (unpaired) electrons. The SMILES string of the molecule is CC(C)(C)CC(=O)NCC(=O)Nc1ccc(N2CCCCC2)cc1. The third-order valence-corrected chi connectivity index (χ3v) is 4.01. The average molecular weight is 331 g/mol. The number of hydrogen-bond acceptors (Lipinski definition) is 3. The van der Waals surface area contributed by atoms with Gasteiger partial charge in [-0.3, -0.25) is 9.59 Å². The van der Waals surface area contributed by atoms with Gasteiger partial charge in [0, 0.05) is 30.9 Å². The van der Waals surface area contributed by atoms with Gasteiger partial charge >= 0.3 is 0 Å². The maximum atomic E-state index is 11.9. The molecule has 5 heteroatoms. The van der Waals surface area contributed by atoms with Gasteiger partial charge in [-0.1, -0.05) is 20.8 Å². The van der Waals surface area contributed by atoms with Crippen LogP contribution in [0.5, 0.6) is 0 Å². The summed E-state index contributed by atoms with van der Waals surface area (Å²) < 4.78 is 0. The molecule has 132 valence electrons. The molecule has 1 saturated heterocycles. The van der Waals surface area contributed by atoms with E-state index in [-0.39, 0.29) is 23.8 Å². The molecule has 0 aliphatic carbocycles. The third kappa shape index (κ3) is 6.22. The Bertz CT molecular complexity index is 555. The molecule has 1 aliphatic heterocycles. The maximum absolute atomic E-state index is 11.9. The minimum atomic E-state index is -0.206. The number of nitrogens with one attached hydrogen (secondary N) is 2. The summed E-state index contributed by atoms with van der Waals surface area (Å²) in [4.78, 5) is 26.0. The Morgan fingerprint density at radius 1 is 1.00 bits per heavy atom. The lowest BCUT2D eigenvalue weighted by Crippen LogP contribution is -2.34. The van der Waals surface area contributed by atoms with Gasteiger partial charge in [-0.05, 0) is 48.9 Å². The number of carbonyl (C=O) groups is 2. The van der Waals surface area contributed by atoms with Crippen LogP contribution in [0.15, 0.2) is 24.3 Å². The van der Waals surface area contributed by atoms with Crippen molar-refractivity contribution in [2.75, 3.05) is 29.9 Å². The molecule has 2 rings (SSSR count). The molecular weight excluding hydrogens is 302 g/mol. The number of nitrogens with zero attached hydrogens (tertiary/aromatic N) is 1. The number of anilines is 2. The Morgan fingerprint density at radius 2 is 1.62 bits per heavy atom. The summed E-state index contributed by atoms with van der Waals surface area (Å²) in [6.45, 7) is 8.20. The van der Waals surface area contributed by atoms with E-state index < -0.39 is 0 Å². The first-order chi connectivity index (χ1) is 11.3. The van der Waals surface area contributed by atoms with Gasteiger partial charge in [-0.25, -0.2) is 0 Å². The molecule has 1 aromatic rings. The zero-order valence-corrected chi connectivity index (χ0v) is 15.0. The van der Waals surface area contributed by atoms with Crippen molar-refractivity contribution >= 4 is 23.2 Å². The Balaban J connectivity index is 1.78. The number of benzene rings is 1. The lowest BCUT2D eigenvalue weighted by atomic mass is 9.92. The van der Waals surface area contributed by atoms with Gasteiger partial charge in [0.1, 0.15) is 0 Å². The van der Waals surface area contributed by atoms with Gasteiger partial charge in [0.2, 0.25) is 11.8 Å². The standard InChI is InChI=1S/C19H29N3O2/c1-19(2,3)13-17(23)20-14-18(24)21-15-7-9-16(10-8-15)22-11-5-4-6-12-22/h7-10H,4-6,11-14H2,1-3H3,(H,20,23)(H,21,24). The number of carbonyl (C=O) groups excluding carboxylic acids is 2. The molecule has 5 nitrogen and oxygen atoms in total. The van der Waals surface area contributed by atoms with E-state index in [0.717, 1.165) is 18.8 Å². The van der Waals surface area contributed by atoms with Crippen LogP contribution >= 0.6 is 0 Å². The van der Waals surface area contributed by atoms with Gasteiger partial charge in [-0.2, -0.15) is 0 Å². The summed E-state index contributed by atoms with van der Waals surface area (Å²) in [5.41, 5.74) is 1.88. The number of amides is 2. The van der Waals surface area contributed by atoms with E-state index in [4.69, 9.17) is 0 Å². The van der Waals surface area contributed by atoms with Gasteiger partial charge < -0.3 is 15.5 Å². The highest BCUT2D eigenvalue weighted by Crippen LogP contribution is 2.21. The monoisotopic (exact) mass is 331 g/mol. The summed E-state index contributed by atoms with van der Waals surface area (Å²) in [6, 6.07) is 7.91. The van der Waals surface area contributed by atoms with Crippen molar-refractivity contribution in [3.05, 3.63) is 24.3 Å². The topological polar surface area (TPSA) is 61.4 Å². The van der Waals surface area contributed by atoms with Crippen LogP contribution in [-0.4, -0.2) is 31.4 Å². The van der Waals surface area contributed by atoms with Crippen molar-refractivity contribution < 1.29 is 9.59 Å². The molecular formula is C19H29N3O2. The molecule has 1 aromatic carbocycles. The highest BCUT2D eigenvalue weighted by molar-refractivity contribution is 5.94. The Morgan fingerprint density at radius 3 is 2.21 bits per heavy atom. The molecule has 1 fully saturated rings. The molecule has 0 bridgehead atoms. The second kappa shape index (κ2) is 8.18. The van der Waals surface area contributed by atoms with Gasteiger partial charge in [-0.15, -0.1) is 0 Å². The van der Waals surface area contributed by atoms with E-state index >= 15 is 0 Å². The van der Waals surface area contributed by atoms with E-state index in [1.807, 2.05) is 45.0 Å². The lowest BCUT2D eigenvalue weighted by molar-refractivity contribution is -0.125. The van der Waals surface area contributed by atoms with Crippen LogP contribution in [0, 0.1) is 5.41 Å². The first kappa shape index (κ1) is 18.3. The first-order valence-electron chi connectivity index (χ1n) is 8.75. The Hall–Kier alpha value is -2.04. The molecule has 2 amide bonds. The van der Waals surface area contributed by atoms with Crippen molar-refractivity contribution in [1.29, 1.82) is 0 Å². The van der Waals surface area contributed by atoms with E-state index in [1.165, 1.54) is 24.9 Å². The van der Waals surface area contributed by atoms with E-state index in [1.54, 1.807) is 0 Å². The van der Waals surface area contributed by atoms with Crippen LogP contribution in [0.3, 0.4) is 0 Å². The summed E-state index contributed by atoms with van der Waals surface area (Å²) >= 11 is 0. The molecule has 0 spiro atoms. The van der Waals surface area contributed by atoms with Gasteiger partial charge in [0.25, 0.3) is 0 Å². The fourth-order valence-electron chi connectivity index (χ4n) is 2.84. The van der Waals surface area contributed by atoms with Crippen molar-refractivity contribution in [1.82, 2.24) is 5.32 Å². The van der Waals surface area contributed by atoms with E-state index in [0.29, 0.717) is 6.42 Å². The fraction of sp³-hybridized carbons (Fsp3) is 0.579. The second-order valence-corrected chi connectivity index (χ2v) is 7.66. The highest BCUT2D eigenvalue weighted by atomic mass is 16.2. The largest absolute Gasteiger partial charge is 0.372 e. The Kier molecular flexibility index (Phi) is 6.23. The maximum Gasteiger partial charge on any atom is 0.243 e. The third-order valence-electron chi connectivity index (χ3n) is 4.01. The molecule has 1 aliphatic rings. The summed E-state index contributed by atoms with van der Waals surface area (Å²) in [5.74, 6) is -0.305. The normalized spacial score (nSPS) is 15.0. The van der Waals surface area contributed by atoms with Crippen molar-refractivity contribution in [3.63, 3.8) is 0 Å². The summed E-state index contributed by atoms with van der Waals surface area (Å²) in [5, 5.41) is 5.48. The molecule has 0 atom stereocenters. The van der Waals surface area contributed by atoms with Crippen LogP contribution in [0.4, 0.5) is 11.4 Å². The highest BCUT2D eigenvalue weighted by Gasteiger charge is 2.16. The first-order valence-corrected chi connectivity index (χ1v) is 8.75. The Labute approximate surface area is 144 Å². The number of piperidine rings is 1. The minimum absolute atomic E-state index is 0.00277. The summed E-state index contributed by atoms with van der Waals surface area (Å²) in [6.07, 6.45) is 4.20. The predicted octanol–water partition coefficient (Wildman–Crippen LogP) is 3.17. The molecule has 0 aromatic heterocycles. The van der Waals surface area contributed by atoms with Crippen LogP contribution in [0.2, 0.25) is 0 Å². The predicted molar refractivity (Wildman–Crippen MR) is 98.2 cm³/mol. The van der Waals surface area contributed by atoms with Crippen LogP contribution < -0.4 is 15.5 Å². The molecule has 1 heterocycles. The zero-order chi connectivity index (χ0) is 17.6. The number of hydrogen-bond donors (Lipinski definition) is 2. The molecule has 0 saturated carbocycles. The quantitative estimate of drug-likeness (QED) is 0.871. The van der Waals surface area contributed by atoms with Crippen LogP contribution in [-0.2, 0) is 9.59 Å². The average Bonchev–Trinajstić information content (AvgIpc) is 2.53. The van der Waals surface area contributed by atoms with E-state index in [9.17, 15) is 9.59 Å². The smallest absolute Gasteiger partial charge is 0.243 e. The molecule has 0 unspecified atom stereocenters. The lowest BCUT2D eigenvalue weighted by Gasteiger charge is -2.28. The van der Waals surface area contributed by atoms with Crippen molar-refractivity contribution in [2.45, 2.75) is 46.5 Å². The van der Waals surface area contributed by atoms with Gasteiger partial charge in [0.15, 0.2) is 0 Å². The summed E-state index contributed by atoms with van der Waals surface area (Å²) in [7, 11) is 0. The zero-order valence-electron chi connectivity index (χ0n) is 15.0. The molecule has 24 heavy (non-hydrogen) atoms.